The molecule has 7 nitrogen and oxygen atoms in total. The molecule has 0 radical (unpaired) electrons. The molecule has 0 saturated carbocycles. The van der Waals surface area contributed by atoms with E-state index in [1.165, 1.54) is 0 Å². The summed E-state index contributed by atoms with van der Waals surface area (Å²) in [5.41, 5.74) is 0.566. The Morgan fingerprint density at radius 3 is 2.71 bits per heavy atom. The van der Waals surface area contributed by atoms with Crippen LogP contribution in [0.25, 0.3) is 0 Å². The van der Waals surface area contributed by atoms with Crippen LogP contribution in [0.1, 0.15) is 19.4 Å². The second kappa shape index (κ2) is 6.31. The number of ether oxygens (including phenoxy) is 2. The lowest BCUT2D eigenvalue weighted by molar-refractivity contribution is -0.120. The molecule has 2 N–H and O–H groups in total. The Hall–Kier alpha value is -1.80. The fourth-order valence-electron chi connectivity index (χ4n) is 1.85. The average Bonchev–Trinajstić information content (AvgIpc) is 2.82. The zero-order valence-electron chi connectivity index (χ0n) is 11.9. The van der Waals surface area contributed by atoms with Crippen LogP contribution in [0, 0.1) is 0 Å². The summed E-state index contributed by atoms with van der Waals surface area (Å²) in [5.74, 6) is 0.540. The molecule has 8 heteroatoms. The van der Waals surface area contributed by atoms with Crippen molar-refractivity contribution in [3.05, 3.63) is 23.8 Å². The number of hydrogen-bond acceptors (Lipinski definition) is 5. The molecule has 0 atom stereocenters. The van der Waals surface area contributed by atoms with Crippen molar-refractivity contribution in [1.82, 2.24) is 10.0 Å². The van der Waals surface area contributed by atoms with Gasteiger partial charge in [0.1, 0.15) is 0 Å². The van der Waals surface area contributed by atoms with Gasteiger partial charge < -0.3 is 14.8 Å². The molecule has 0 saturated heterocycles. The van der Waals surface area contributed by atoms with Gasteiger partial charge in [-0.15, -0.1) is 0 Å². The van der Waals surface area contributed by atoms with Gasteiger partial charge in [-0.2, -0.15) is 0 Å². The van der Waals surface area contributed by atoms with Crippen molar-refractivity contribution in [2.75, 3.05) is 13.3 Å². The second-order valence-corrected chi connectivity index (χ2v) is 6.80. The molecule has 0 fully saturated rings. The van der Waals surface area contributed by atoms with E-state index < -0.39 is 10.0 Å². The largest absolute Gasteiger partial charge is 0.454 e. The maximum Gasteiger partial charge on any atom is 0.235 e. The first-order valence-electron chi connectivity index (χ1n) is 6.51. The van der Waals surface area contributed by atoms with Crippen molar-refractivity contribution < 1.29 is 22.7 Å². The van der Waals surface area contributed by atoms with Crippen LogP contribution in [0.2, 0.25) is 0 Å². The summed E-state index contributed by atoms with van der Waals surface area (Å²) in [6, 6.07) is 4.91. The van der Waals surface area contributed by atoms with Gasteiger partial charge in [0.2, 0.25) is 22.7 Å². The summed E-state index contributed by atoms with van der Waals surface area (Å²) in [6.07, 6.45) is 0. The number of carbonyl (C=O) groups excluding carboxylic acids is 1. The molecule has 0 spiro atoms. The summed E-state index contributed by atoms with van der Waals surface area (Å²) in [7, 11) is -3.59. The number of nitrogens with one attached hydrogen (secondary N) is 2. The highest BCUT2D eigenvalue weighted by atomic mass is 32.2. The third-order valence-corrected chi connectivity index (χ3v) is 3.99. The maximum atomic E-state index is 11.9. The number of carbonyl (C=O) groups is 1. The van der Waals surface area contributed by atoms with E-state index in [-0.39, 0.29) is 31.0 Å². The van der Waals surface area contributed by atoms with Gasteiger partial charge in [-0.1, -0.05) is 6.07 Å². The number of benzene rings is 1. The molecule has 116 valence electrons. The van der Waals surface area contributed by atoms with E-state index >= 15 is 0 Å². The molecule has 1 heterocycles. The lowest BCUT2D eigenvalue weighted by atomic mass is 10.2. The number of amides is 1. The Bertz CT molecular complexity index is 627. The highest BCUT2D eigenvalue weighted by molar-refractivity contribution is 7.88. The molecule has 21 heavy (non-hydrogen) atoms. The van der Waals surface area contributed by atoms with Crippen LogP contribution in [0.3, 0.4) is 0 Å². The standard InChI is InChI=1S/C13H18N2O5S/c1-9(2)15-13(16)6-14-21(17,18)7-10-3-4-11-12(5-10)20-8-19-11/h3-5,9,14H,6-8H2,1-2H3,(H,15,16). The average molecular weight is 314 g/mol. The Morgan fingerprint density at radius 1 is 1.29 bits per heavy atom. The van der Waals surface area contributed by atoms with E-state index in [0.29, 0.717) is 17.1 Å². The fourth-order valence-corrected chi connectivity index (χ4v) is 2.92. The highest BCUT2D eigenvalue weighted by Crippen LogP contribution is 2.32. The smallest absolute Gasteiger partial charge is 0.235 e. The van der Waals surface area contributed by atoms with E-state index in [4.69, 9.17) is 9.47 Å². The third-order valence-electron chi connectivity index (χ3n) is 2.70. The summed E-state index contributed by atoms with van der Waals surface area (Å²) in [4.78, 5) is 11.4. The summed E-state index contributed by atoms with van der Waals surface area (Å²) in [6.45, 7) is 3.47. The number of rotatable bonds is 6. The van der Waals surface area contributed by atoms with Crippen molar-refractivity contribution in [3.8, 4) is 11.5 Å². The molecule has 0 aromatic heterocycles. The number of sulfonamides is 1. The molecule has 2 rings (SSSR count). The molecular weight excluding hydrogens is 296 g/mol. The molecule has 1 aromatic carbocycles. The summed E-state index contributed by atoms with van der Waals surface area (Å²) >= 11 is 0. The molecule has 1 aliphatic heterocycles. The zero-order valence-corrected chi connectivity index (χ0v) is 12.7. The van der Waals surface area contributed by atoms with E-state index in [1.54, 1.807) is 32.0 Å². The van der Waals surface area contributed by atoms with Crippen molar-refractivity contribution in [2.45, 2.75) is 25.6 Å². The van der Waals surface area contributed by atoms with Crippen LogP contribution < -0.4 is 19.5 Å². The summed E-state index contributed by atoms with van der Waals surface area (Å²) < 4.78 is 36.5. The van der Waals surface area contributed by atoms with Gasteiger partial charge in [0, 0.05) is 6.04 Å². The first kappa shape index (κ1) is 15.6. The van der Waals surface area contributed by atoms with E-state index in [9.17, 15) is 13.2 Å². The number of fused-ring (bicyclic) bond motifs is 1. The highest BCUT2D eigenvalue weighted by Gasteiger charge is 2.18. The predicted octanol–water partition coefficient (Wildman–Crippen LogP) is 0.359. The van der Waals surface area contributed by atoms with Crippen molar-refractivity contribution in [3.63, 3.8) is 0 Å². The normalized spacial score (nSPS) is 13.5. The molecule has 1 aromatic rings. The van der Waals surface area contributed by atoms with Crippen LogP contribution in [-0.4, -0.2) is 33.7 Å². The number of hydrogen-bond donors (Lipinski definition) is 2. The molecule has 1 amide bonds. The monoisotopic (exact) mass is 314 g/mol. The van der Waals surface area contributed by atoms with Gasteiger partial charge in [-0.3, -0.25) is 4.79 Å². The van der Waals surface area contributed by atoms with Gasteiger partial charge in [-0.05, 0) is 31.5 Å². The SMILES string of the molecule is CC(C)NC(=O)CNS(=O)(=O)Cc1ccc2c(c1)OCO2. The molecule has 0 unspecified atom stereocenters. The van der Waals surface area contributed by atoms with Crippen molar-refractivity contribution in [2.24, 2.45) is 0 Å². The first-order chi connectivity index (χ1) is 9.85. The van der Waals surface area contributed by atoms with Crippen LogP contribution in [0.4, 0.5) is 0 Å². The molecule has 0 bridgehead atoms. The second-order valence-electron chi connectivity index (χ2n) is 4.99. The predicted molar refractivity (Wildman–Crippen MR) is 76.5 cm³/mol. The lowest BCUT2D eigenvalue weighted by Gasteiger charge is -2.10. The fraction of sp³-hybridized carbons (Fsp3) is 0.462. The Balaban J connectivity index is 1.93. The zero-order chi connectivity index (χ0) is 15.5. The minimum atomic E-state index is -3.59. The van der Waals surface area contributed by atoms with Crippen molar-refractivity contribution in [1.29, 1.82) is 0 Å². The van der Waals surface area contributed by atoms with Gasteiger partial charge in [0.05, 0.1) is 12.3 Å². The van der Waals surface area contributed by atoms with Gasteiger partial charge in [0.25, 0.3) is 0 Å². The van der Waals surface area contributed by atoms with Crippen LogP contribution in [0.5, 0.6) is 11.5 Å². The van der Waals surface area contributed by atoms with Gasteiger partial charge in [0.15, 0.2) is 11.5 Å². The van der Waals surface area contributed by atoms with Crippen LogP contribution in [0.15, 0.2) is 18.2 Å². The Labute approximate surface area is 123 Å². The maximum absolute atomic E-state index is 11.9. The minimum Gasteiger partial charge on any atom is -0.454 e. The van der Waals surface area contributed by atoms with Crippen LogP contribution >= 0.6 is 0 Å². The minimum absolute atomic E-state index is 0.0316. The van der Waals surface area contributed by atoms with Crippen LogP contribution in [-0.2, 0) is 20.6 Å². The van der Waals surface area contributed by atoms with E-state index in [1.807, 2.05) is 0 Å². The topological polar surface area (TPSA) is 93.7 Å². The molecule has 1 aliphatic rings. The Kier molecular flexibility index (Phi) is 4.69. The van der Waals surface area contributed by atoms with E-state index in [2.05, 4.69) is 10.0 Å². The lowest BCUT2D eigenvalue weighted by Crippen LogP contribution is -2.40. The van der Waals surface area contributed by atoms with Crippen molar-refractivity contribution >= 4 is 15.9 Å². The first-order valence-corrected chi connectivity index (χ1v) is 8.16. The molecular formula is C13H18N2O5S. The molecule has 0 aliphatic carbocycles. The summed E-state index contributed by atoms with van der Waals surface area (Å²) in [5, 5.41) is 2.61. The third kappa shape index (κ3) is 4.61. The van der Waals surface area contributed by atoms with Gasteiger partial charge in [-0.25, -0.2) is 13.1 Å². The Morgan fingerprint density at radius 2 is 2.00 bits per heavy atom. The van der Waals surface area contributed by atoms with E-state index in [0.717, 1.165) is 0 Å². The quantitative estimate of drug-likeness (QED) is 0.791. The van der Waals surface area contributed by atoms with Gasteiger partial charge >= 0.3 is 0 Å².